The minimum Gasteiger partial charge on any atom is -0.388 e. The summed E-state index contributed by atoms with van der Waals surface area (Å²) in [6, 6.07) is -0.0438. The smallest absolute Gasteiger partial charge is 0.240 e. The van der Waals surface area contributed by atoms with Crippen molar-refractivity contribution in [3.8, 4) is 0 Å². The Morgan fingerprint density at radius 3 is 3.00 bits per heavy atom. The highest BCUT2D eigenvalue weighted by molar-refractivity contribution is 7.99. The van der Waals surface area contributed by atoms with Crippen LogP contribution in [0.25, 0.3) is 0 Å². The summed E-state index contributed by atoms with van der Waals surface area (Å²) in [7, 11) is 0. The van der Waals surface area contributed by atoms with Crippen molar-refractivity contribution in [2.45, 2.75) is 25.0 Å². The third-order valence-electron chi connectivity index (χ3n) is 2.98. The second-order valence-electron chi connectivity index (χ2n) is 4.59. The molecule has 5 heteroatoms. The molecule has 2 rings (SSSR count). The van der Waals surface area contributed by atoms with Gasteiger partial charge in [-0.25, -0.2) is 0 Å². The molecule has 0 aromatic rings. The fraction of sp³-hybridized carbons (Fsp3) is 0.900. The minimum absolute atomic E-state index is 0.0438. The molecule has 1 amide bonds. The summed E-state index contributed by atoms with van der Waals surface area (Å²) < 4.78 is 0. The summed E-state index contributed by atoms with van der Waals surface area (Å²) in [6.45, 7) is 3.87. The number of β-amino-alcohol motifs (C(OH)–C–C–N with tert-alkyl or cyclic N) is 1. The Kier molecular flexibility index (Phi) is 3.23. The van der Waals surface area contributed by atoms with Gasteiger partial charge < -0.3 is 15.3 Å². The Labute approximate surface area is 94.4 Å². The molecule has 2 unspecified atom stereocenters. The van der Waals surface area contributed by atoms with Crippen molar-refractivity contribution in [1.29, 1.82) is 0 Å². The number of carbonyl (C=O) groups excluding carboxylic acids is 1. The van der Waals surface area contributed by atoms with Gasteiger partial charge in [-0.3, -0.25) is 4.79 Å². The van der Waals surface area contributed by atoms with Crippen molar-refractivity contribution in [2.24, 2.45) is 0 Å². The highest BCUT2D eigenvalue weighted by Crippen LogP contribution is 2.21. The van der Waals surface area contributed by atoms with Crippen LogP contribution in [0.3, 0.4) is 0 Å². The fourth-order valence-corrected chi connectivity index (χ4v) is 3.00. The molecule has 0 saturated carbocycles. The van der Waals surface area contributed by atoms with E-state index in [1.165, 1.54) is 0 Å². The summed E-state index contributed by atoms with van der Waals surface area (Å²) in [5.74, 6) is 2.10. The van der Waals surface area contributed by atoms with Gasteiger partial charge in [0.15, 0.2) is 0 Å². The van der Waals surface area contributed by atoms with E-state index in [-0.39, 0.29) is 11.9 Å². The third kappa shape index (κ3) is 2.65. The second-order valence-corrected chi connectivity index (χ2v) is 5.74. The van der Waals surface area contributed by atoms with Crippen molar-refractivity contribution >= 4 is 17.7 Å². The number of likely N-dealkylation sites (tertiary alicyclic amines) is 1. The molecule has 0 spiro atoms. The Hall–Kier alpha value is -0.260. The molecule has 0 bridgehead atoms. The highest BCUT2D eigenvalue weighted by Gasteiger charge is 2.36. The first-order valence-corrected chi connectivity index (χ1v) is 6.56. The van der Waals surface area contributed by atoms with Crippen LogP contribution < -0.4 is 5.32 Å². The van der Waals surface area contributed by atoms with E-state index in [1.54, 1.807) is 11.8 Å². The summed E-state index contributed by atoms with van der Waals surface area (Å²) in [4.78, 5) is 13.8. The number of amides is 1. The van der Waals surface area contributed by atoms with Gasteiger partial charge in [-0.2, -0.15) is 11.8 Å². The first-order chi connectivity index (χ1) is 7.08. The lowest BCUT2D eigenvalue weighted by Crippen LogP contribution is -2.50. The predicted molar refractivity (Wildman–Crippen MR) is 60.9 cm³/mol. The van der Waals surface area contributed by atoms with Crippen LogP contribution in [0.15, 0.2) is 0 Å². The quantitative estimate of drug-likeness (QED) is 0.648. The zero-order valence-electron chi connectivity index (χ0n) is 9.03. The standard InChI is InChI=1S/C10H18N2O2S/c1-10(14)2-4-12(7-10)9(13)8-6-15-5-3-11-8/h8,11,14H,2-7H2,1H3. The molecule has 2 heterocycles. The molecule has 2 saturated heterocycles. The first-order valence-electron chi connectivity index (χ1n) is 5.41. The van der Waals surface area contributed by atoms with Gasteiger partial charge in [0, 0.05) is 31.1 Å². The Morgan fingerprint density at radius 1 is 1.67 bits per heavy atom. The van der Waals surface area contributed by atoms with Crippen LogP contribution in [0.1, 0.15) is 13.3 Å². The average Bonchev–Trinajstić information content (AvgIpc) is 2.59. The van der Waals surface area contributed by atoms with E-state index >= 15 is 0 Å². The van der Waals surface area contributed by atoms with Crippen molar-refractivity contribution in [3.63, 3.8) is 0 Å². The van der Waals surface area contributed by atoms with Gasteiger partial charge in [0.2, 0.25) is 5.91 Å². The third-order valence-corrected chi connectivity index (χ3v) is 4.05. The molecule has 86 valence electrons. The molecule has 0 aromatic carbocycles. The Morgan fingerprint density at radius 2 is 2.47 bits per heavy atom. The summed E-state index contributed by atoms with van der Waals surface area (Å²) in [5, 5.41) is 13.0. The van der Waals surface area contributed by atoms with Crippen LogP contribution in [0.5, 0.6) is 0 Å². The second kappa shape index (κ2) is 4.31. The van der Waals surface area contributed by atoms with Gasteiger partial charge in [0.25, 0.3) is 0 Å². The molecule has 2 aliphatic rings. The SMILES string of the molecule is CC1(O)CCN(C(=O)C2CSCCN2)C1. The van der Waals surface area contributed by atoms with Gasteiger partial charge in [-0.15, -0.1) is 0 Å². The molecule has 15 heavy (non-hydrogen) atoms. The van der Waals surface area contributed by atoms with Crippen LogP contribution in [-0.2, 0) is 4.79 Å². The molecular weight excluding hydrogens is 212 g/mol. The fourth-order valence-electron chi connectivity index (χ4n) is 2.08. The zero-order chi connectivity index (χ0) is 10.9. The zero-order valence-corrected chi connectivity index (χ0v) is 9.85. The van der Waals surface area contributed by atoms with Gasteiger partial charge in [0.05, 0.1) is 11.6 Å². The number of hydrogen-bond acceptors (Lipinski definition) is 4. The molecule has 0 aliphatic carbocycles. The van der Waals surface area contributed by atoms with Gasteiger partial charge in [-0.1, -0.05) is 0 Å². The highest BCUT2D eigenvalue weighted by atomic mass is 32.2. The van der Waals surface area contributed by atoms with E-state index in [9.17, 15) is 9.90 Å². The van der Waals surface area contributed by atoms with Crippen LogP contribution in [0.2, 0.25) is 0 Å². The number of carbonyl (C=O) groups is 1. The number of rotatable bonds is 1. The lowest BCUT2D eigenvalue weighted by Gasteiger charge is -2.27. The van der Waals surface area contributed by atoms with E-state index in [0.717, 1.165) is 18.1 Å². The lowest BCUT2D eigenvalue weighted by molar-refractivity contribution is -0.132. The maximum Gasteiger partial charge on any atom is 0.240 e. The summed E-state index contributed by atoms with van der Waals surface area (Å²) >= 11 is 1.82. The molecule has 0 radical (unpaired) electrons. The first kappa shape index (κ1) is 11.2. The van der Waals surface area contributed by atoms with Crippen molar-refractivity contribution in [2.75, 3.05) is 31.1 Å². The van der Waals surface area contributed by atoms with E-state index in [2.05, 4.69) is 5.32 Å². The van der Waals surface area contributed by atoms with Crippen LogP contribution >= 0.6 is 11.8 Å². The molecule has 2 fully saturated rings. The number of hydrogen-bond donors (Lipinski definition) is 2. The average molecular weight is 230 g/mol. The number of nitrogens with one attached hydrogen (secondary N) is 1. The van der Waals surface area contributed by atoms with Gasteiger partial charge in [0.1, 0.15) is 0 Å². The molecule has 2 aliphatic heterocycles. The largest absolute Gasteiger partial charge is 0.388 e. The summed E-state index contributed by atoms with van der Waals surface area (Å²) in [5.41, 5.74) is -0.683. The van der Waals surface area contributed by atoms with E-state index in [1.807, 2.05) is 11.8 Å². The lowest BCUT2D eigenvalue weighted by atomic mass is 10.1. The Bertz CT molecular complexity index is 252. The molecule has 2 N–H and O–H groups in total. The van der Waals surface area contributed by atoms with Crippen LogP contribution in [-0.4, -0.2) is 58.7 Å². The molecular formula is C10H18N2O2S. The van der Waals surface area contributed by atoms with E-state index in [4.69, 9.17) is 0 Å². The molecule has 0 aromatic heterocycles. The number of aliphatic hydroxyl groups is 1. The monoisotopic (exact) mass is 230 g/mol. The maximum atomic E-state index is 12.0. The normalized spacial score (nSPS) is 36.9. The predicted octanol–water partition coefficient (Wildman–Crippen LogP) is -0.325. The van der Waals surface area contributed by atoms with E-state index < -0.39 is 5.60 Å². The van der Waals surface area contributed by atoms with Gasteiger partial charge in [-0.05, 0) is 13.3 Å². The maximum absolute atomic E-state index is 12.0. The summed E-state index contributed by atoms with van der Waals surface area (Å²) in [6.07, 6.45) is 0.693. The molecule has 4 nitrogen and oxygen atoms in total. The topological polar surface area (TPSA) is 52.6 Å². The minimum atomic E-state index is -0.683. The van der Waals surface area contributed by atoms with Crippen molar-refractivity contribution < 1.29 is 9.90 Å². The Balaban J connectivity index is 1.90. The van der Waals surface area contributed by atoms with E-state index in [0.29, 0.717) is 19.5 Å². The molecule has 2 atom stereocenters. The van der Waals surface area contributed by atoms with Crippen LogP contribution in [0.4, 0.5) is 0 Å². The van der Waals surface area contributed by atoms with Gasteiger partial charge >= 0.3 is 0 Å². The van der Waals surface area contributed by atoms with Crippen molar-refractivity contribution in [1.82, 2.24) is 10.2 Å². The number of thioether (sulfide) groups is 1. The van der Waals surface area contributed by atoms with Crippen LogP contribution in [0, 0.1) is 0 Å². The number of nitrogens with zero attached hydrogens (tertiary/aromatic N) is 1. The van der Waals surface area contributed by atoms with Crippen molar-refractivity contribution in [3.05, 3.63) is 0 Å².